The summed E-state index contributed by atoms with van der Waals surface area (Å²) in [6.07, 6.45) is -4.41. The Hall–Kier alpha value is -2.95. The number of methoxy groups -OCH3 is 1. The highest BCUT2D eigenvalue weighted by atomic mass is 32.1. The van der Waals surface area contributed by atoms with Gasteiger partial charge in [0, 0.05) is 18.5 Å². The van der Waals surface area contributed by atoms with E-state index >= 15 is 0 Å². The number of benzene rings is 2. The van der Waals surface area contributed by atoms with Gasteiger partial charge in [0.25, 0.3) is 5.91 Å². The van der Waals surface area contributed by atoms with Crippen LogP contribution in [0.2, 0.25) is 0 Å². The molecule has 0 spiro atoms. The van der Waals surface area contributed by atoms with E-state index in [1.807, 2.05) is 29.2 Å². The SMILES string of the molecule is CCONC(=O)c1csc(CN(Cc2ccc(OC)cc2)Cc2cccc(C(F)(F)F)c2)n1. The summed E-state index contributed by atoms with van der Waals surface area (Å²) >= 11 is 1.31. The minimum Gasteiger partial charge on any atom is -0.497 e. The van der Waals surface area contributed by atoms with Crippen LogP contribution in [0, 0.1) is 0 Å². The van der Waals surface area contributed by atoms with Crippen molar-refractivity contribution in [3.8, 4) is 5.75 Å². The lowest BCUT2D eigenvalue weighted by Crippen LogP contribution is -2.25. The predicted molar refractivity (Wildman–Crippen MR) is 119 cm³/mol. The van der Waals surface area contributed by atoms with Crippen molar-refractivity contribution in [3.63, 3.8) is 0 Å². The zero-order chi connectivity index (χ0) is 23.8. The number of carbonyl (C=O) groups is 1. The Morgan fingerprint density at radius 1 is 1.09 bits per heavy atom. The van der Waals surface area contributed by atoms with Crippen molar-refractivity contribution in [2.24, 2.45) is 0 Å². The molecule has 0 saturated heterocycles. The van der Waals surface area contributed by atoms with Gasteiger partial charge in [0.1, 0.15) is 16.5 Å². The average molecular weight is 480 g/mol. The number of nitrogens with one attached hydrogen (secondary N) is 1. The van der Waals surface area contributed by atoms with Crippen LogP contribution in [0.1, 0.15) is 39.1 Å². The second-order valence-corrected chi connectivity index (χ2v) is 8.12. The molecular formula is C23H24F3N3O3S. The van der Waals surface area contributed by atoms with Gasteiger partial charge in [-0.1, -0.05) is 30.3 Å². The fourth-order valence-corrected chi connectivity index (χ4v) is 3.95. The number of carbonyl (C=O) groups excluding carboxylic acids is 1. The van der Waals surface area contributed by atoms with Crippen LogP contribution in [-0.4, -0.2) is 29.5 Å². The summed E-state index contributed by atoms with van der Waals surface area (Å²) in [5.41, 5.74) is 3.34. The van der Waals surface area contributed by atoms with Crippen LogP contribution in [0.25, 0.3) is 0 Å². The van der Waals surface area contributed by atoms with E-state index < -0.39 is 17.6 Å². The average Bonchev–Trinajstić information content (AvgIpc) is 3.26. The molecule has 3 aromatic rings. The molecule has 10 heteroatoms. The fraction of sp³-hybridized carbons (Fsp3) is 0.304. The van der Waals surface area contributed by atoms with Gasteiger partial charge in [-0.25, -0.2) is 10.5 Å². The van der Waals surface area contributed by atoms with Gasteiger partial charge in [-0.05, 0) is 36.2 Å². The molecule has 176 valence electrons. The number of nitrogens with zero attached hydrogens (tertiary/aromatic N) is 2. The number of alkyl halides is 3. The van der Waals surface area contributed by atoms with Crippen molar-refractivity contribution >= 4 is 17.2 Å². The Bertz CT molecular complexity index is 1050. The van der Waals surface area contributed by atoms with Crippen molar-refractivity contribution in [3.05, 3.63) is 81.3 Å². The summed E-state index contributed by atoms with van der Waals surface area (Å²) in [6, 6.07) is 12.8. The molecule has 0 atom stereocenters. The molecule has 0 aliphatic carbocycles. The smallest absolute Gasteiger partial charge is 0.416 e. The number of rotatable bonds is 10. The van der Waals surface area contributed by atoms with Gasteiger partial charge >= 0.3 is 6.18 Å². The topological polar surface area (TPSA) is 63.7 Å². The Balaban J connectivity index is 1.79. The first-order valence-corrected chi connectivity index (χ1v) is 11.0. The van der Waals surface area contributed by atoms with E-state index in [1.54, 1.807) is 25.5 Å². The fourth-order valence-electron chi connectivity index (χ4n) is 3.13. The molecule has 0 radical (unpaired) electrons. The molecule has 0 fully saturated rings. The number of thiazole rings is 1. The molecule has 1 heterocycles. The number of halogens is 3. The second kappa shape index (κ2) is 11.3. The molecule has 6 nitrogen and oxygen atoms in total. The minimum atomic E-state index is -4.41. The molecule has 2 aromatic carbocycles. The third-order valence-corrected chi connectivity index (χ3v) is 5.51. The Morgan fingerprint density at radius 2 is 1.82 bits per heavy atom. The first-order valence-electron chi connectivity index (χ1n) is 10.2. The number of hydrogen-bond donors (Lipinski definition) is 1. The molecule has 0 bridgehead atoms. The quantitative estimate of drug-likeness (QED) is 0.412. The van der Waals surface area contributed by atoms with E-state index in [0.717, 1.165) is 17.7 Å². The number of hydrogen-bond acceptors (Lipinski definition) is 6. The van der Waals surface area contributed by atoms with Crippen LogP contribution in [0.15, 0.2) is 53.9 Å². The monoisotopic (exact) mass is 479 g/mol. The maximum Gasteiger partial charge on any atom is 0.416 e. The lowest BCUT2D eigenvalue weighted by molar-refractivity contribution is -0.137. The summed E-state index contributed by atoms with van der Waals surface area (Å²) in [5.74, 6) is 0.270. The van der Waals surface area contributed by atoms with Crippen molar-refractivity contribution in [2.45, 2.75) is 32.7 Å². The number of hydroxylamine groups is 1. The summed E-state index contributed by atoms with van der Waals surface area (Å²) in [4.78, 5) is 23.3. The van der Waals surface area contributed by atoms with Crippen molar-refractivity contribution in [1.82, 2.24) is 15.4 Å². The predicted octanol–water partition coefficient (Wildman–Crippen LogP) is 5.05. The summed E-state index contributed by atoms with van der Waals surface area (Å²) in [7, 11) is 1.58. The lowest BCUT2D eigenvalue weighted by Gasteiger charge is -2.22. The van der Waals surface area contributed by atoms with Crippen LogP contribution in [0.5, 0.6) is 5.75 Å². The molecule has 0 aliphatic rings. The highest BCUT2D eigenvalue weighted by Crippen LogP contribution is 2.30. The summed E-state index contributed by atoms with van der Waals surface area (Å²) in [6.45, 7) is 3.18. The highest BCUT2D eigenvalue weighted by Gasteiger charge is 2.30. The summed E-state index contributed by atoms with van der Waals surface area (Å²) < 4.78 is 44.7. The van der Waals surface area contributed by atoms with Gasteiger partial charge in [0.15, 0.2) is 0 Å². The Kier molecular flexibility index (Phi) is 8.43. The van der Waals surface area contributed by atoms with Gasteiger partial charge < -0.3 is 4.74 Å². The molecule has 0 unspecified atom stereocenters. The highest BCUT2D eigenvalue weighted by molar-refractivity contribution is 7.09. The Labute approximate surface area is 193 Å². The van der Waals surface area contributed by atoms with Crippen LogP contribution < -0.4 is 10.2 Å². The molecule has 1 amide bonds. The first kappa shape index (κ1) is 24.7. The molecule has 1 N–H and O–H groups in total. The largest absolute Gasteiger partial charge is 0.497 e. The van der Waals surface area contributed by atoms with E-state index in [1.165, 1.54) is 17.4 Å². The van der Waals surface area contributed by atoms with Gasteiger partial charge in [0.05, 0.1) is 25.8 Å². The lowest BCUT2D eigenvalue weighted by atomic mass is 10.1. The Morgan fingerprint density at radius 3 is 2.48 bits per heavy atom. The van der Waals surface area contributed by atoms with Gasteiger partial charge in [0.2, 0.25) is 0 Å². The first-order chi connectivity index (χ1) is 15.8. The summed E-state index contributed by atoms with van der Waals surface area (Å²) in [5, 5.41) is 2.29. The van der Waals surface area contributed by atoms with E-state index in [2.05, 4.69) is 10.5 Å². The van der Waals surface area contributed by atoms with Crippen LogP contribution in [-0.2, 0) is 30.6 Å². The molecule has 0 saturated carbocycles. The maximum absolute atomic E-state index is 13.2. The normalized spacial score (nSPS) is 11.6. The zero-order valence-electron chi connectivity index (χ0n) is 18.2. The zero-order valence-corrected chi connectivity index (χ0v) is 19.0. The number of aromatic nitrogens is 1. The van der Waals surface area contributed by atoms with Crippen molar-refractivity contribution < 1.29 is 27.5 Å². The minimum absolute atomic E-state index is 0.229. The van der Waals surface area contributed by atoms with Crippen LogP contribution in [0.4, 0.5) is 13.2 Å². The van der Waals surface area contributed by atoms with Crippen LogP contribution >= 0.6 is 11.3 Å². The number of ether oxygens (including phenoxy) is 1. The van der Waals surface area contributed by atoms with E-state index in [9.17, 15) is 18.0 Å². The van der Waals surface area contributed by atoms with Gasteiger partial charge in [-0.2, -0.15) is 13.2 Å². The standard InChI is InChI=1S/C23H24F3N3O3S/c1-3-32-28-22(30)20-15-33-21(27-20)14-29(12-16-7-9-19(31-2)10-8-16)13-17-5-4-6-18(11-17)23(24,25)26/h4-11,15H,3,12-14H2,1-2H3,(H,28,30). The van der Waals surface area contributed by atoms with E-state index in [0.29, 0.717) is 36.0 Å². The molecule has 0 aliphatic heterocycles. The molecule has 1 aromatic heterocycles. The second-order valence-electron chi connectivity index (χ2n) is 7.18. The van der Waals surface area contributed by atoms with Gasteiger partial charge in [-0.3, -0.25) is 14.5 Å². The van der Waals surface area contributed by atoms with E-state index in [-0.39, 0.29) is 12.2 Å². The van der Waals surface area contributed by atoms with Crippen molar-refractivity contribution in [1.29, 1.82) is 0 Å². The van der Waals surface area contributed by atoms with E-state index in [4.69, 9.17) is 9.57 Å². The van der Waals surface area contributed by atoms with Crippen LogP contribution in [0.3, 0.4) is 0 Å². The van der Waals surface area contributed by atoms with Gasteiger partial charge in [-0.15, -0.1) is 11.3 Å². The molecule has 3 rings (SSSR count). The third kappa shape index (κ3) is 7.28. The van der Waals surface area contributed by atoms with Crippen molar-refractivity contribution in [2.75, 3.05) is 13.7 Å². The molecule has 33 heavy (non-hydrogen) atoms. The maximum atomic E-state index is 13.2. The number of amides is 1. The third-order valence-electron chi connectivity index (χ3n) is 4.68. The molecular weight excluding hydrogens is 455 g/mol.